The highest BCUT2D eigenvalue weighted by atomic mass is 15.3. The molecule has 0 amide bonds. The Labute approximate surface area is 99.3 Å². The molecule has 0 aliphatic heterocycles. The standard InChI is InChI=1S/C13H14N4/c1-16-8-11(9-5-3-4-6-12(9)16)10-7-15-17(2)13(10)14/h3-8H,14H2,1-2H3. The van der Waals surface area contributed by atoms with Crippen LogP contribution in [0.1, 0.15) is 0 Å². The minimum Gasteiger partial charge on any atom is -0.383 e. The van der Waals surface area contributed by atoms with Crippen molar-refractivity contribution in [3.05, 3.63) is 36.7 Å². The SMILES string of the molecule is Cn1ncc(-c2cn(C)c3ccccc23)c1N. The number of aromatic nitrogens is 3. The summed E-state index contributed by atoms with van der Waals surface area (Å²) in [5.41, 5.74) is 9.35. The Kier molecular flexibility index (Phi) is 1.98. The second-order valence-electron chi connectivity index (χ2n) is 4.24. The van der Waals surface area contributed by atoms with Gasteiger partial charge in [0.05, 0.1) is 6.20 Å². The van der Waals surface area contributed by atoms with Crippen LogP contribution in [-0.2, 0) is 14.1 Å². The van der Waals surface area contributed by atoms with Crippen molar-refractivity contribution < 1.29 is 0 Å². The molecule has 86 valence electrons. The van der Waals surface area contributed by atoms with E-state index in [0.717, 1.165) is 11.1 Å². The van der Waals surface area contributed by atoms with E-state index in [9.17, 15) is 0 Å². The molecule has 2 aromatic heterocycles. The summed E-state index contributed by atoms with van der Waals surface area (Å²) in [6.07, 6.45) is 3.91. The molecule has 17 heavy (non-hydrogen) atoms. The molecule has 0 bridgehead atoms. The summed E-state index contributed by atoms with van der Waals surface area (Å²) < 4.78 is 3.80. The Morgan fingerprint density at radius 3 is 2.59 bits per heavy atom. The summed E-state index contributed by atoms with van der Waals surface area (Å²) in [6, 6.07) is 8.29. The van der Waals surface area contributed by atoms with Gasteiger partial charge in [0.2, 0.25) is 0 Å². The number of benzene rings is 1. The third-order valence-electron chi connectivity index (χ3n) is 3.17. The van der Waals surface area contributed by atoms with E-state index in [2.05, 4.69) is 28.0 Å². The van der Waals surface area contributed by atoms with Crippen LogP contribution < -0.4 is 5.73 Å². The van der Waals surface area contributed by atoms with Crippen LogP contribution in [0.4, 0.5) is 5.82 Å². The van der Waals surface area contributed by atoms with Crippen LogP contribution in [-0.4, -0.2) is 14.3 Å². The van der Waals surface area contributed by atoms with Crippen LogP contribution in [0, 0.1) is 0 Å². The highest BCUT2D eigenvalue weighted by Gasteiger charge is 2.13. The van der Waals surface area contributed by atoms with Crippen molar-refractivity contribution >= 4 is 16.7 Å². The number of nitrogens with zero attached hydrogens (tertiary/aromatic N) is 3. The van der Waals surface area contributed by atoms with Crippen molar-refractivity contribution in [2.24, 2.45) is 14.1 Å². The van der Waals surface area contributed by atoms with Crippen LogP contribution in [0.5, 0.6) is 0 Å². The van der Waals surface area contributed by atoms with E-state index in [1.807, 2.05) is 32.4 Å². The molecule has 0 radical (unpaired) electrons. The molecule has 0 unspecified atom stereocenters. The Hall–Kier alpha value is -2.23. The monoisotopic (exact) mass is 226 g/mol. The van der Waals surface area contributed by atoms with Gasteiger partial charge in [0.25, 0.3) is 0 Å². The summed E-state index contributed by atoms with van der Waals surface area (Å²) >= 11 is 0. The van der Waals surface area contributed by atoms with E-state index >= 15 is 0 Å². The Morgan fingerprint density at radius 1 is 1.12 bits per heavy atom. The molecule has 0 saturated heterocycles. The third kappa shape index (κ3) is 1.34. The number of aryl methyl sites for hydroxylation is 2. The number of nitrogens with two attached hydrogens (primary N) is 1. The van der Waals surface area contributed by atoms with Crippen molar-refractivity contribution in [2.45, 2.75) is 0 Å². The second-order valence-corrected chi connectivity index (χ2v) is 4.24. The Balaban J connectivity index is 2.35. The average molecular weight is 226 g/mol. The minimum atomic E-state index is 0.696. The highest BCUT2D eigenvalue weighted by molar-refractivity contribution is 5.98. The molecule has 0 aliphatic rings. The Bertz CT molecular complexity index is 691. The zero-order valence-corrected chi connectivity index (χ0v) is 9.88. The molecule has 0 spiro atoms. The van der Waals surface area contributed by atoms with Gasteiger partial charge in [-0.05, 0) is 6.07 Å². The fourth-order valence-electron chi connectivity index (χ4n) is 2.21. The van der Waals surface area contributed by atoms with Crippen LogP contribution in [0.25, 0.3) is 22.0 Å². The van der Waals surface area contributed by atoms with Gasteiger partial charge in [-0.15, -0.1) is 0 Å². The summed E-state index contributed by atoms with van der Waals surface area (Å²) in [4.78, 5) is 0. The fraction of sp³-hybridized carbons (Fsp3) is 0.154. The molecule has 0 saturated carbocycles. The summed E-state index contributed by atoms with van der Waals surface area (Å²) in [6.45, 7) is 0. The number of para-hydroxylation sites is 1. The van der Waals surface area contributed by atoms with Gasteiger partial charge in [0.15, 0.2) is 0 Å². The number of nitrogen functional groups attached to an aromatic ring is 1. The molecule has 3 rings (SSSR count). The number of fused-ring (bicyclic) bond motifs is 1. The number of hydrogen-bond donors (Lipinski definition) is 1. The first-order valence-electron chi connectivity index (χ1n) is 5.50. The molecule has 0 aliphatic carbocycles. The first-order chi connectivity index (χ1) is 8.18. The zero-order valence-electron chi connectivity index (χ0n) is 9.88. The predicted octanol–water partition coefficient (Wildman–Crippen LogP) is 2.16. The summed E-state index contributed by atoms with van der Waals surface area (Å²) in [7, 11) is 3.89. The van der Waals surface area contributed by atoms with E-state index in [0.29, 0.717) is 5.82 Å². The van der Waals surface area contributed by atoms with E-state index in [1.54, 1.807) is 4.68 Å². The quantitative estimate of drug-likeness (QED) is 0.691. The molecule has 4 nitrogen and oxygen atoms in total. The summed E-state index contributed by atoms with van der Waals surface area (Å²) in [5.74, 6) is 0.696. The molecule has 1 aromatic carbocycles. The maximum absolute atomic E-state index is 6.03. The lowest BCUT2D eigenvalue weighted by atomic mass is 10.1. The smallest absolute Gasteiger partial charge is 0.129 e. The van der Waals surface area contributed by atoms with Gasteiger partial charge in [-0.2, -0.15) is 5.10 Å². The van der Waals surface area contributed by atoms with Gasteiger partial charge in [-0.25, -0.2) is 0 Å². The lowest BCUT2D eigenvalue weighted by Gasteiger charge is -1.98. The van der Waals surface area contributed by atoms with Crippen LogP contribution in [0.15, 0.2) is 36.7 Å². The topological polar surface area (TPSA) is 48.8 Å². The number of rotatable bonds is 1. The lowest BCUT2D eigenvalue weighted by Crippen LogP contribution is -1.97. The van der Waals surface area contributed by atoms with Crippen LogP contribution >= 0.6 is 0 Å². The third-order valence-corrected chi connectivity index (χ3v) is 3.17. The van der Waals surface area contributed by atoms with Crippen molar-refractivity contribution in [1.29, 1.82) is 0 Å². The molecule has 4 heteroatoms. The van der Waals surface area contributed by atoms with Crippen molar-refractivity contribution in [2.75, 3.05) is 5.73 Å². The van der Waals surface area contributed by atoms with Gasteiger partial charge < -0.3 is 10.3 Å². The highest BCUT2D eigenvalue weighted by Crippen LogP contribution is 2.32. The normalized spacial score (nSPS) is 11.2. The number of anilines is 1. The lowest BCUT2D eigenvalue weighted by molar-refractivity contribution is 0.779. The first kappa shape index (κ1) is 9.96. The van der Waals surface area contributed by atoms with E-state index < -0.39 is 0 Å². The van der Waals surface area contributed by atoms with Gasteiger partial charge in [0.1, 0.15) is 5.82 Å². The van der Waals surface area contributed by atoms with Crippen molar-refractivity contribution in [1.82, 2.24) is 14.3 Å². The minimum absolute atomic E-state index is 0.696. The second kappa shape index (κ2) is 3.38. The van der Waals surface area contributed by atoms with E-state index in [-0.39, 0.29) is 0 Å². The first-order valence-corrected chi connectivity index (χ1v) is 5.50. The molecular formula is C13H14N4. The van der Waals surface area contributed by atoms with E-state index in [1.165, 1.54) is 10.9 Å². The maximum Gasteiger partial charge on any atom is 0.129 e. The van der Waals surface area contributed by atoms with Gasteiger partial charge in [-0.1, -0.05) is 18.2 Å². The molecule has 3 aromatic rings. The molecule has 2 heterocycles. The molecule has 0 atom stereocenters. The Morgan fingerprint density at radius 2 is 1.88 bits per heavy atom. The van der Waals surface area contributed by atoms with Crippen LogP contribution in [0.2, 0.25) is 0 Å². The van der Waals surface area contributed by atoms with Gasteiger partial charge >= 0.3 is 0 Å². The number of hydrogen-bond acceptors (Lipinski definition) is 2. The van der Waals surface area contributed by atoms with Crippen molar-refractivity contribution in [3.63, 3.8) is 0 Å². The zero-order chi connectivity index (χ0) is 12.0. The fourth-order valence-corrected chi connectivity index (χ4v) is 2.21. The predicted molar refractivity (Wildman–Crippen MR) is 69.5 cm³/mol. The maximum atomic E-state index is 6.03. The molecular weight excluding hydrogens is 212 g/mol. The van der Waals surface area contributed by atoms with Gasteiger partial charge in [0, 0.05) is 42.3 Å². The average Bonchev–Trinajstić information content (AvgIpc) is 2.83. The van der Waals surface area contributed by atoms with Crippen LogP contribution in [0.3, 0.4) is 0 Å². The largest absolute Gasteiger partial charge is 0.383 e. The van der Waals surface area contributed by atoms with E-state index in [4.69, 9.17) is 5.73 Å². The summed E-state index contributed by atoms with van der Waals surface area (Å²) in [5, 5.41) is 5.39. The van der Waals surface area contributed by atoms with Gasteiger partial charge in [-0.3, -0.25) is 4.68 Å². The molecule has 0 fully saturated rings. The molecule has 2 N–H and O–H groups in total. The van der Waals surface area contributed by atoms with Crippen molar-refractivity contribution in [3.8, 4) is 11.1 Å².